The second kappa shape index (κ2) is 4.31. The standard InChI is InChI=1S/C11H9BrF3N3/c1-18-10(16)5-9(17-18)7-3-2-6(4-8(7)12)11(13,14)15/h2-5H,16H2,1H3. The normalized spacial score (nSPS) is 11.8. The van der Waals surface area contributed by atoms with E-state index in [9.17, 15) is 13.2 Å². The molecule has 0 spiro atoms. The zero-order valence-electron chi connectivity index (χ0n) is 9.29. The number of hydrogen-bond donors (Lipinski definition) is 1. The van der Waals surface area contributed by atoms with Crippen LogP contribution < -0.4 is 5.73 Å². The van der Waals surface area contributed by atoms with Crippen molar-refractivity contribution in [2.45, 2.75) is 6.18 Å². The molecule has 2 aromatic rings. The molecule has 3 nitrogen and oxygen atoms in total. The average Bonchev–Trinajstić information content (AvgIpc) is 2.57. The SMILES string of the molecule is Cn1nc(-c2ccc(C(F)(F)F)cc2Br)cc1N. The Hall–Kier alpha value is -1.50. The van der Waals surface area contributed by atoms with Gasteiger partial charge in [-0.1, -0.05) is 22.0 Å². The van der Waals surface area contributed by atoms with Crippen molar-refractivity contribution < 1.29 is 13.2 Å². The van der Waals surface area contributed by atoms with Crippen LogP contribution in [-0.2, 0) is 13.2 Å². The number of halogens is 4. The molecule has 0 bridgehead atoms. The lowest BCUT2D eigenvalue weighted by Crippen LogP contribution is -2.04. The third-order valence-electron chi connectivity index (χ3n) is 2.49. The van der Waals surface area contributed by atoms with Crippen LogP contribution in [0.5, 0.6) is 0 Å². The molecule has 0 saturated carbocycles. The van der Waals surface area contributed by atoms with Gasteiger partial charge in [-0.25, -0.2) is 0 Å². The van der Waals surface area contributed by atoms with Crippen LogP contribution in [0.2, 0.25) is 0 Å². The number of benzene rings is 1. The third kappa shape index (κ3) is 2.35. The summed E-state index contributed by atoms with van der Waals surface area (Å²) in [5, 5.41) is 4.11. The van der Waals surface area contributed by atoms with E-state index in [0.717, 1.165) is 12.1 Å². The van der Waals surface area contributed by atoms with E-state index in [1.165, 1.54) is 10.7 Å². The number of nitrogen functional groups attached to an aromatic ring is 1. The second-order valence-electron chi connectivity index (χ2n) is 3.77. The molecule has 0 unspecified atom stereocenters. The molecule has 0 fully saturated rings. The maximum absolute atomic E-state index is 12.5. The number of anilines is 1. The van der Waals surface area contributed by atoms with Gasteiger partial charge in [0, 0.05) is 23.2 Å². The fourth-order valence-corrected chi connectivity index (χ4v) is 2.09. The fourth-order valence-electron chi connectivity index (χ4n) is 1.51. The first-order valence-electron chi connectivity index (χ1n) is 4.95. The topological polar surface area (TPSA) is 43.8 Å². The Morgan fingerprint density at radius 2 is 1.94 bits per heavy atom. The second-order valence-corrected chi connectivity index (χ2v) is 4.62. The van der Waals surface area contributed by atoms with Gasteiger partial charge in [0.05, 0.1) is 11.3 Å². The summed E-state index contributed by atoms with van der Waals surface area (Å²) in [5.74, 6) is 0.441. The summed E-state index contributed by atoms with van der Waals surface area (Å²) in [4.78, 5) is 0. The van der Waals surface area contributed by atoms with Gasteiger partial charge in [-0.3, -0.25) is 4.68 Å². The van der Waals surface area contributed by atoms with Crippen molar-refractivity contribution in [1.29, 1.82) is 0 Å². The summed E-state index contributed by atoms with van der Waals surface area (Å²) in [5.41, 5.74) is 6.01. The molecule has 0 saturated heterocycles. The van der Waals surface area contributed by atoms with Crippen LogP contribution in [0.3, 0.4) is 0 Å². The van der Waals surface area contributed by atoms with E-state index in [-0.39, 0.29) is 0 Å². The highest BCUT2D eigenvalue weighted by Gasteiger charge is 2.31. The Kier molecular flexibility index (Phi) is 3.10. The van der Waals surface area contributed by atoms with Crippen molar-refractivity contribution in [2.75, 3.05) is 5.73 Å². The average molecular weight is 320 g/mol. The monoisotopic (exact) mass is 319 g/mol. The number of nitrogens with two attached hydrogens (primary N) is 1. The van der Waals surface area contributed by atoms with Gasteiger partial charge in [0.15, 0.2) is 0 Å². The van der Waals surface area contributed by atoms with Gasteiger partial charge < -0.3 is 5.73 Å². The minimum Gasteiger partial charge on any atom is -0.384 e. The number of aromatic nitrogens is 2. The molecule has 18 heavy (non-hydrogen) atoms. The first-order valence-corrected chi connectivity index (χ1v) is 5.75. The smallest absolute Gasteiger partial charge is 0.384 e. The number of nitrogens with zero attached hydrogens (tertiary/aromatic N) is 2. The van der Waals surface area contributed by atoms with E-state index < -0.39 is 11.7 Å². The molecule has 0 atom stereocenters. The summed E-state index contributed by atoms with van der Waals surface area (Å²) < 4.78 is 39.3. The van der Waals surface area contributed by atoms with Crippen molar-refractivity contribution in [3.63, 3.8) is 0 Å². The van der Waals surface area contributed by atoms with Crippen molar-refractivity contribution in [2.24, 2.45) is 7.05 Å². The predicted octanol–water partition coefficient (Wildman–Crippen LogP) is 3.45. The van der Waals surface area contributed by atoms with Crippen LogP contribution in [0.25, 0.3) is 11.3 Å². The van der Waals surface area contributed by atoms with Crippen LogP contribution in [0.15, 0.2) is 28.7 Å². The highest BCUT2D eigenvalue weighted by Crippen LogP contribution is 2.35. The van der Waals surface area contributed by atoms with Crippen molar-refractivity contribution >= 4 is 21.7 Å². The molecule has 0 aliphatic carbocycles. The van der Waals surface area contributed by atoms with Crippen LogP contribution >= 0.6 is 15.9 Å². The maximum Gasteiger partial charge on any atom is 0.416 e. The number of alkyl halides is 3. The zero-order valence-corrected chi connectivity index (χ0v) is 10.9. The van der Waals surface area contributed by atoms with Gasteiger partial charge in [-0.15, -0.1) is 0 Å². The van der Waals surface area contributed by atoms with E-state index in [1.807, 2.05) is 0 Å². The maximum atomic E-state index is 12.5. The Balaban J connectivity index is 2.48. The van der Waals surface area contributed by atoms with Crippen molar-refractivity contribution in [3.05, 3.63) is 34.3 Å². The molecular weight excluding hydrogens is 311 g/mol. The summed E-state index contributed by atoms with van der Waals surface area (Å²) >= 11 is 3.12. The van der Waals surface area contributed by atoms with Crippen LogP contribution in [0, 0.1) is 0 Å². The van der Waals surface area contributed by atoms with Crippen LogP contribution in [-0.4, -0.2) is 9.78 Å². The quantitative estimate of drug-likeness (QED) is 0.875. The van der Waals surface area contributed by atoms with E-state index in [0.29, 0.717) is 21.5 Å². The van der Waals surface area contributed by atoms with Crippen LogP contribution in [0.1, 0.15) is 5.56 Å². The summed E-state index contributed by atoms with van der Waals surface area (Å²) in [7, 11) is 1.66. The molecule has 0 aliphatic heterocycles. The molecule has 7 heteroatoms. The van der Waals surface area contributed by atoms with Gasteiger partial charge in [-0.2, -0.15) is 18.3 Å². The van der Waals surface area contributed by atoms with Crippen molar-refractivity contribution in [3.8, 4) is 11.3 Å². The minimum atomic E-state index is -4.36. The highest BCUT2D eigenvalue weighted by molar-refractivity contribution is 9.10. The summed E-state index contributed by atoms with van der Waals surface area (Å²) in [6.07, 6.45) is -4.36. The molecule has 0 radical (unpaired) electrons. The summed E-state index contributed by atoms with van der Waals surface area (Å²) in [6.45, 7) is 0. The first-order chi connectivity index (χ1) is 8.29. The Labute approximate surface area is 110 Å². The van der Waals surface area contributed by atoms with Crippen LogP contribution in [0.4, 0.5) is 19.0 Å². The van der Waals surface area contributed by atoms with Gasteiger partial charge in [0.1, 0.15) is 5.82 Å². The molecule has 0 aliphatic rings. The highest BCUT2D eigenvalue weighted by atomic mass is 79.9. The van der Waals surface area contributed by atoms with Gasteiger partial charge in [0.2, 0.25) is 0 Å². The lowest BCUT2D eigenvalue weighted by Gasteiger charge is -2.08. The van der Waals surface area contributed by atoms with Crippen molar-refractivity contribution in [1.82, 2.24) is 9.78 Å². The zero-order chi connectivity index (χ0) is 13.5. The molecule has 2 rings (SSSR count). The Morgan fingerprint density at radius 3 is 2.39 bits per heavy atom. The van der Waals surface area contributed by atoms with Gasteiger partial charge >= 0.3 is 6.18 Å². The van der Waals surface area contributed by atoms with E-state index in [4.69, 9.17) is 5.73 Å². The Morgan fingerprint density at radius 1 is 1.28 bits per heavy atom. The fraction of sp³-hybridized carbons (Fsp3) is 0.182. The summed E-state index contributed by atoms with van der Waals surface area (Å²) in [6, 6.07) is 5.02. The third-order valence-corrected chi connectivity index (χ3v) is 3.14. The minimum absolute atomic E-state index is 0.329. The number of aryl methyl sites for hydroxylation is 1. The lowest BCUT2D eigenvalue weighted by molar-refractivity contribution is -0.137. The number of rotatable bonds is 1. The molecule has 0 amide bonds. The van der Waals surface area contributed by atoms with Gasteiger partial charge in [0.25, 0.3) is 0 Å². The Bertz CT molecular complexity index is 570. The first kappa shape index (κ1) is 12.9. The molecule has 1 aromatic carbocycles. The molecule has 1 aromatic heterocycles. The molecule has 1 heterocycles. The van der Waals surface area contributed by atoms with E-state index in [2.05, 4.69) is 21.0 Å². The largest absolute Gasteiger partial charge is 0.416 e. The molecule has 2 N–H and O–H groups in total. The van der Waals surface area contributed by atoms with E-state index in [1.54, 1.807) is 13.1 Å². The molecular formula is C11H9BrF3N3. The molecule has 96 valence electrons. The van der Waals surface area contributed by atoms with E-state index >= 15 is 0 Å². The number of hydrogen-bond acceptors (Lipinski definition) is 2. The lowest BCUT2D eigenvalue weighted by atomic mass is 10.1. The predicted molar refractivity (Wildman–Crippen MR) is 65.8 cm³/mol. The van der Waals surface area contributed by atoms with Gasteiger partial charge in [-0.05, 0) is 12.1 Å².